The van der Waals surface area contributed by atoms with Crippen molar-refractivity contribution in [3.63, 3.8) is 0 Å². The fraction of sp³-hybridized carbons (Fsp3) is 0.833. The van der Waals surface area contributed by atoms with Gasteiger partial charge in [-0.05, 0) is 13.8 Å². The molecule has 59 valence electrons. The van der Waals surface area contributed by atoms with E-state index in [2.05, 4.69) is 5.32 Å². The zero-order chi connectivity index (χ0) is 7.98. The van der Waals surface area contributed by atoms with Crippen molar-refractivity contribution in [2.24, 2.45) is 0 Å². The molecule has 0 spiro atoms. The molecular weight excluding hydrogens is 132 g/mol. The van der Waals surface area contributed by atoms with Crippen LogP contribution in [0.25, 0.3) is 0 Å². The molecule has 0 aromatic carbocycles. The van der Waals surface area contributed by atoms with Crippen LogP contribution in [0.4, 0.5) is 4.79 Å². The number of rotatable bonds is 3. The summed E-state index contributed by atoms with van der Waals surface area (Å²) < 4.78 is 4.72. The van der Waals surface area contributed by atoms with Crippen LogP contribution in [0.15, 0.2) is 0 Å². The van der Waals surface area contributed by atoms with Crippen LogP contribution in [0, 0.1) is 0 Å². The van der Waals surface area contributed by atoms with Crippen LogP contribution in [-0.4, -0.2) is 25.3 Å². The van der Waals surface area contributed by atoms with Gasteiger partial charge in [0.2, 0.25) is 0 Å². The summed E-state index contributed by atoms with van der Waals surface area (Å²) >= 11 is 0. The summed E-state index contributed by atoms with van der Waals surface area (Å²) in [5.74, 6) is 0. The Hall–Kier alpha value is -0.770. The van der Waals surface area contributed by atoms with E-state index in [1.807, 2.05) is 0 Å². The van der Waals surface area contributed by atoms with Crippen molar-refractivity contribution < 1.29 is 9.53 Å². The first-order valence-electron chi connectivity index (χ1n) is 3.26. The molecule has 0 fully saturated rings. The van der Waals surface area contributed by atoms with Crippen LogP contribution >= 0.6 is 0 Å². The van der Waals surface area contributed by atoms with Gasteiger partial charge in [0.1, 0.15) is 0 Å². The molecule has 0 saturated heterocycles. The molecule has 0 atom stereocenters. The topological polar surface area (TPSA) is 62.1 Å². The molecule has 0 aliphatic carbocycles. The Balaban J connectivity index is 3.26. The Bertz CT molecular complexity index is 104. The average molecular weight is 145 g/mol. The van der Waals surface area contributed by atoms with E-state index in [4.69, 9.17) is 10.5 Å². The summed E-state index contributed by atoms with van der Waals surface area (Å²) in [7, 11) is 0. The van der Waals surface area contributed by atoms with Crippen molar-refractivity contribution >= 4 is 6.09 Å². The fourth-order valence-corrected chi connectivity index (χ4v) is 0.420. The predicted molar refractivity (Wildman–Crippen MR) is 37.6 cm³/mol. The first kappa shape index (κ1) is 9.23. The van der Waals surface area contributed by atoms with Gasteiger partial charge in [0.15, 0.2) is 0 Å². The molecule has 0 saturated carbocycles. The minimum Gasteiger partial charge on any atom is -0.447 e. The largest absolute Gasteiger partial charge is 0.447 e. The molecule has 1 radical (unpaired) electrons. The summed E-state index contributed by atoms with van der Waals surface area (Å²) in [5, 5.41) is 2.42. The SMILES string of the molecule is CC(C)OC(=O)NCC[NH]. The number of carbonyl (C=O) groups excluding carboxylic acids is 1. The van der Waals surface area contributed by atoms with Gasteiger partial charge in [-0.15, -0.1) is 0 Å². The van der Waals surface area contributed by atoms with Crippen LogP contribution in [0.3, 0.4) is 0 Å². The van der Waals surface area contributed by atoms with Gasteiger partial charge in [0, 0.05) is 13.1 Å². The van der Waals surface area contributed by atoms with Crippen LogP contribution in [-0.2, 0) is 4.74 Å². The third-order valence-electron chi connectivity index (χ3n) is 0.737. The Labute approximate surface area is 60.7 Å². The zero-order valence-electron chi connectivity index (χ0n) is 6.31. The van der Waals surface area contributed by atoms with Crippen molar-refractivity contribution in [2.45, 2.75) is 20.0 Å². The lowest BCUT2D eigenvalue weighted by molar-refractivity contribution is 0.116. The summed E-state index contributed by atoms with van der Waals surface area (Å²) in [4.78, 5) is 10.6. The number of nitrogens with one attached hydrogen (secondary N) is 2. The van der Waals surface area contributed by atoms with Crippen molar-refractivity contribution in [1.82, 2.24) is 11.1 Å². The molecule has 0 unspecified atom stereocenters. The molecule has 0 aromatic heterocycles. The molecule has 0 bridgehead atoms. The Morgan fingerprint density at radius 3 is 2.70 bits per heavy atom. The average Bonchev–Trinajstić information content (AvgIpc) is 1.82. The van der Waals surface area contributed by atoms with Crippen LogP contribution in [0.5, 0.6) is 0 Å². The van der Waals surface area contributed by atoms with Crippen molar-refractivity contribution in [3.05, 3.63) is 0 Å². The third kappa shape index (κ3) is 5.37. The lowest BCUT2D eigenvalue weighted by atomic mass is 10.5. The summed E-state index contributed by atoms with van der Waals surface area (Å²) in [6, 6.07) is 0. The second-order valence-electron chi connectivity index (χ2n) is 2.13. The summed E-state index contributed by atoms with van der Waals surface area (Å²) in [6.07, 6.45) is -0.534. The first-order chi connectivity index (χ1) is 4.66. The van der Waals surface area contributed by atoms with E-state index in [-0.39, 0.29) is 12.6 Å². The molecule has 0 rings (SSSR count). The van der Waals surface area contributed by atoms with Crippen molar-refractivity contribution in [2.75, 3.05) is 13.1 Å². The molecule has 0 aliphatic rings. The molecule has 0 aliphatic heterocycles. The minimum atomic E-state index is -0.442. The standard InChI is InChI=1S/C6H13N2O2/c1-5(2)10-6(9)8-4-3-7/h5,7H,3-4H2,1-2H3,(H,8,9). The summed E-state index contributed by atoms with van der Waals surface area (Å²) in [6.45, 7) is 4.10. The molecule has 2 N–H and O–H groups in total. The van der Waals surface area contributed by atoms with Gasteiger partial charge in [-0.3, -0.25) is 5.73 Å². The number of alkyl carbamates (subject to hydrolysis) is 1. The van der Waals surface area contributed by atoms with Gasteiger partial charge in [-0.25, -0.2) is 4.79 Å². The molecule has 10 heavy (non-hydrogen) atoms. The highest BCUT2D eigenvalue weighted by Crippen LogP contribution is 1.86. The number of hydrogen-bond donors (Lipinski definition) is 1. The Morgan fingerprint density at radius 1 is 1.70 bits per heavy atom. The van der Waals surface area contributed by atoms with Gasteiger partial charge < -0.3 is 10.1 Å². The number of carbonyl (C=O) groups is 1. The first-order valence-corrected chi connectivity index (χ1v) is 3.26. The maximum absolute atomic E-state index is 10.6. The lowest BCUT2D eigenvalue weighted by Gasteiger charge is -2.07. The Morgan fingerprint density at radius 2 is 2.30 bits per heavy atom. The quantitative estimate of drug-likeness (QED) is 0.625. The second-order valence-corrected chi connectivity index (χ2v) is 2.13. The van der Waals surface area contributed by atoms with Crippen molar-refractivity contribution in [1.29, 1.82) is 0 Å². The molecule has 0 heterocycles. The van der Waals surface area contributed by atoms with E-state index < -0.39 is 6.09 Å². The van der Waals surface area contributed by atoms with Gasteiger partial charge in [-0.2, -0.15) is 0 Å². The van der Waals surface area contributed by atoms with Crippen LogP contribution in [0.2, 0.25) is 0 Å². The number of ether oxygens (including phenoxy) is 1. The van der Waals surface area contributed by atoms with E-state index in [1.54, 1.807) is 13.8 Å². The highest BCUT2D eigenvalue weighted by molar-refractivity contribution is 5.67. The predicted octanol–water partition coefficient (Wildman–Crippen LogP) is 0.404. The van der Waals surface area contributed by atoms with E-state index in [1.165, 1.54) is 0 Å². The number of hydrogen-bond acceptors (Lipinski definition) is 2. The lowest BCUT2D eigenvalue weighted by Crippen LogP contribution is -2.29. The summed E-state index contributed by atoms with van der Waals surface area (Å²) in [5.41, 5.74) is 6.71. The van der Waals surface area contributed by atoms with Gasteiger partial charge >= 0.3 is 6.09 Å². The maximum Gasteiger partial charge on any atom is 0.407 e. The van der Waals surface area contributed by atoms with Gasteiger partial charge in [-0.1, -0.05) is 0 Å². The van der Waals surface area contributed by atoms with E-state index in [9.17, 15) is 4.79 Å². The molecule has 4 nitrogen and oxygen atoms in total. The van der Waals surface area contributed by atoms with Crippen LogP contribution in [0.1, 0.15) is 13.8 Å². The fourth-order valence-electron chi connectivity index (χ4n) is 0.420. The molecule has 1 amide bonds. The smallest absolute Gasteiger partial charge is 0.407 e. The van der Waals surface area contributed by atoms with E-state index in [0.717, 1.165) is 0 Å². The molecular formula is C6H13N2O2. The molecule has 4 heteroatoms. The normalized spacial score (nSPS) is 9.60. The monoisotopic (exact) mass is 145 g/mol. The molecule has 0 aromatic rings. The zero-order valence-corrected chi connectivity index (χ0v) is 6.31. The second kappa shape index (κ2) is 5.05. The van der Waals surface area contributed by atoms with Crippen molar-refractivity contribution in [3.8, 4) is 0 Å². The maximum atomic E-state index is 10.6. The Kier molecular flexibility index (Phi) is 4.66. The highest BCUT2D eigenvalue weighted by Gasteiger charge is 2.01. The van der Waals surface area contributed by atoms with Gasteiger partial charge in [0.05, 0.1) is 6.10 Å². The highest BCUT2D eigenvalue weighted by atomic mass is 16.6. The van der Waals surface area contributed by atoms with Gasteiger partial charge in [0.25, 0.3) is 0 Å². The van der Waals surface area contributed by atoms with Crippen LogP contribution < -0.4 is 11.1 Å². The minimum absolute atomic E-state index is 0.0919. The number of amides is 1. The van der Waals surface area contributed by atoms with E-state index >= 15 is 0 Å². The van der Waals surface area contributed by atoms with E-state index in [0.29, 0.717) is 6.54 Å². The third-order valence-corrected chi connectivity index (χ3v) is 0.737.